The van der Waals surface area contributed by atoms with Crippen LogP contribution in [0.2, 0.25) is 0 Å². The Morgan fingerprint density at radius 2 is 2.25 bits per heavy atom. The number of amides is 1. The van der Waals surface area contributed by atoms with Crippen molar-refractivity contribution in [3.8, 4) is 0 Å². The van der Waals surface area contributed by atoms with Crippen LogP contribution in [0.15, 0.2) is 36.0 Å². The number of aromatic nitrogens is 1. The van der Waals surface area contributed by atoms with E-state index in [9.17, 15) is 9.90 Å². The van der Waals surface area contributed by atoms with Gasteiger partial charge in [0.15, 0.2) is 0 Å². The molecule has 0 saturated carbocycles. The van der Waals surface area contributed by atoms with Crippen LogP contribution in [0.3, 0.4) is 0 Å². The summed E-state index contributed by atoms with van der Waals surface area (Å²) in [6.07, 6.45) is 4.38. The van der Waals surface area contributed by atoms with Crippen molar-refractivity contribution < 1.29 is 9.90 Å². The van der Waals surface area contributed by atoms with Gasteiger partial charge in [-0.2, -0.15) is 0 Å². The molecular weight excluding hydrogens is 252 g/mol. The molecule has 0 fully saturated rings. The van der Waals surface area contributed by atoms with Gasteiger partial charge in [-0.25, -0.2) is 0 Å². The van der Waals surface area contributed by atoms with Gasteiger partial charge in [0.1, 0.15) is 5.60 Å². The van der Waals surface area contributed by atoms with Crippen molar-refractivity contribution >= 4 is 16.8 Å². The maximum absolute atomic E-state index is 12.2. The third-order valence-corrected chi connectivity index (χ3v) is 4.70. The lowest BCUT2D eigenvalue weighted by Gasteiger charge is -2.46. The molecule has 0 bridgehead atoms. The van der Waals surface area contributed by atoms with Gasteiger partial charge in [0.2, 0.25) is 5.91 Å². The molecule has 2 atom stereocenters. The Balaban J connectivity index is 2.07. The number of likely N-dealkylation sites (N-methyl/N-ethyl adjacent to an activating group) is 1. The van der Waals surface area contributed by atoms with Crippen LogP contribution in [-0.4, -0.2) is 34.0 Å². The molecule has 1 aliphatic heterocycles. The number of nitrogens with zero attached hydrogens (tertiary/aromatic N) is 1. The fourth-order valence-corrected chi connectivity index (χ4v) is 3.71. The second-order valence-electron chi connectivity index (χ2n) is 5.83. The highest BCUT2D eigenvalue weighted by Gasteiger charge is 2.48. The monoisotopic (exact) mass is 268 g/mol. The van der Waals surface area contributed by atoms with Crippen LogP contribution in [0.4, 0.5) is 0 Å². The summed E-state index contributed by atoms with van der Waals surface area (Å²) in [6.45, 7) is 1.76. The van der Waals surface area contributed by atoms with E-state index in [1.807, 2.05) is 24.4 Å². The maximum Gasteiger partial charge on any atom is 0.249 e. The van der Waals surface area contributed by atoms with Gasteiger partial charge in [-0.15, -0.1) is 0 Å². The summed E-state index contributed by atoms with van der Waals surface area (Å²) in [4.78, 5) is 17.1. The molecule has 2 aliphatic rings. The van der Waals surface area contributed by atoms with Crippen LogP contribution in [0, 0.1) is 0 Å². The number of hydrogen-bond acceptors (Lipinski definition) is 2. The highest BCUT2D eigenvalue weighted by molar-refractivity contribution is 5.96. The van der Waals surface area contributed by atoms with Gasteiger partial charge in [0.05, 0.1) is 6.04 Å². The fourth-order valence-electron chi connectivity index (χ4n) is 3.71. The van der Waals surface area contributed by atoms with Crippen LogP contribution in [0.25, 0.3) is 10.9 Å². The zero-order valence-electron chi connectivity index (χ0n) is 11.5. The summed E-state index contributed by atoms with van der Waals surface area (Å²) in [5, 5.41) is 12.3. The average molecular weight is 268 g/mol. The first-order valence-corrected chi connectivity index (χ1v) is 6.81. The van der Waals surface area contributed by atoms with Crippen LogP contribution in [0.1, 0.15) is 18.1 Å². The first-order valence-electron chi connectivity index (χ1n) is 6.81. The van der Waals surface area contributed by atoms with Crippen molar-refractivity contribution in [1.29, 1.82) is 0 Å². The quantitative estimate of drug-likeness (QED) is 0.764. The first-order chi connectivity index (χ1) is 9.52. The Morgan fingerprint density at radius 1 is 1.45 bits per heavy atom. The second-order valence-corrected chi connectivity index (χ2v) is 5.83. The van der Waals surface area contributed by atoms with Gasteiger partial charge in [-0.3, -0.25) is 4.79 Å². The fraction of sp³-hybridized carbons (Fsp3) is 0.312. The van der Waals surface area contributed by atoms with Crippen molar-refractivity contribution in [2.75, 3.05) is 7.05 Å². The Kier molecular flexibility index (Phi) is 2.07. The predicted octanol–water partition coefficient (Wildman–Crippen LogP) is 1.70. The minimum Gasteiger partial charge on any atom is -0.379 e. The molecule has 4 rings (SSSR count). The number of H-pyrrole nitrogens is 1. The Morgan fingerprint density at radius 3 is 3.05 bits per heavy atom. The van der Waals surface area contributed by atoms with Gasteiger partial charge in [0, 0.05) is 29.7 Å². The lowest BCUT2D eigenvalue weighted by atomic mass is 9.73. The zero-order valence-corrected chi connectivity index (χ0v) is 11.5. The number of benzene rings is 1. The molecule has 1 aliphatic carbocycles. The largest absolute Gasteiger partial charge is 0.379 e. The summed E-state index contributed by atoms with van der Waals surface area (Å²) in [5.41, 5.74) is 2.60. The van der Waals surface area contributed by atoms with E-state index in [1.165, 1.54) is 0 Å². The number of nitrogens with one attached hydrogen (secondary N) is 1. The zero-order chi connectivity index (χ0) is 14.1. The summed E-state index contributed by atoms with van der Waals surface area (Å²) >= 11 is 0. The van der Waals surface area contributed by atoms with Crippen LogP contribution < -0.4 is 0 Å². The Hall–Kier alpha value is -2.07. The number of aliphatic hydroxyl groups is 1. The number of carbonyl (C=O) groups excluding carboxylic acids is 1. The molecule has 0 spiro atoms. The predicted molar refractivity (Wildman–Crippen MR) is 76.2 cm³/mol. The molecule has 0 unspecified atom stereocenters. The number of aromatic amines is 1. The molecule has 4 nitrogen and oxygen atoms in total. The minimum atomic E-state index is -1.10. The van der Waals surface area contributed by atoms with E-state index in [4.69, 9.17) is 0 Å². The summed E-state index contributed by atoms with van der Waals surface area (Å²) in [5.74, 6) is -0.00849. The molecule has 0 radical (unpaired) electrons. The molecular formula is C16H16N2O2. The molecule has 4 heteroatoms. The van der Waals surface area contributed by atoms with E-state index < -0.39 is 5.60 Å². The molecule has 102 valence electrons. The number of rotatable bonds is 0. The highest BCUT2D eigenvalue weighted by atomic mass is 16.3. The minimum absolute atomic E-state index is 0.00849. The summed E-state index contributed by atoms with van der Waals surface area (Å²) in [7, 11) is 1.77. The van der Waals surface area contributed by atoms with Crippen molar-refractivity contribution in [2.45, 2.75) is 25.0 Å². The van der Waals surface area contributed by atoms with Crippen molar-refractivity contribution in [2.24, 2.45) is 0 Å². The van der Waals surface area contributed by atoms with Crippen molar-refractivity contribution in [1.82, 2.24) is 9.88 Å². The normalized spacial score (nSPS) is 28.6. The number of hydrogen-bond donors (Lipinski definition) is 2. The summed E-state index contributed by atoms with van der Waals surface area (Å²) in [6, 6.07) is 5.67. The number of carbonyl (C=O) groups is 1. The smallest absolute Gasteiger partial charge is 0.249 e. The third kappa shape index (κ3) is 1.22. The highest BCUT2D eigenvalue weighted by Crippen LogP contribution is 2.44. The van der Waals surface area contributed by atoms with E-state index in [0.717, 1.165) is 22.0 Å². The molecule has 0 saturated heterocycles. The standard InChI is InChI=1S/C16H16N2O2/c1-9-7-16(20)11-4-3-5-12-14(11)10(8-17-12)6-13(16)18(2)15(9)19/h3-5,7-8,13,17,20H,6H2,1-2H3/t13-,16-/m0/s1. The molecule has 20 heavy (non-hydrogen) atoms. The SMILES string of the molecule is CC1=C[C@]2(O)c3cccc4[nH]cc(c34)C[C@@H]2N(C)C1=O. The molecule has 1 amide bonds. The average Bonchev–Trinajstić information content (AvgIpc) is 2.84. The van der Waals surface area contributed by atoms with Crippen LogP contribution in [0.5, 0.6) is 0 Å². The van der Waals surface area contributed by atoms with Crippen LogP contribution >= 0.6 is 0 Å². The van der Waals surface area contributed by atoms with E-state index in [0.29, 0.717) is 12.0 Å². The van der Waals surface area contributed by atoms with E-state index in [1.54, 1.807) is 24.9 Å². The van der Waals surface area contributed by atoms with Crippen LogP contribution in [-0.2, 0) is 16.8 Å². The molecule has 2 N–H and O–H groups in total. The Bertz CT molecular complexity index is 774. The van der Waals surface area contributed by atoms with E-state index in [-0.39, 0.29) is 11.9 Å². The van der Waals surface area contributed by atoms with Gasteiger partial charge >= 0.3 is 0 Å². The molecule has 1 aromatic heterocycles. The topological polar surface area (TPSA) is 56.3 Å². The lowest BCUT2D eigenvalue weighted by molar-refractivity contribution is -0.135. The molecule has 1 aromatic carbocycles. The van der Waals surface area contributed by atoms with Gasteiger partial charge in [-0.1, -0.05) is 12.1 Å². The Labute approximate surface area is 116 Å². The maximum atomic E-state index is 12.2. The van der Waals surface area contributed by atoms with Crippen molar-refractivity contribution in [3.05, 3.63) is 47.2 Å². The molecule has 2 aromatic rings. The van der Waals surface area contributed by atoms with Gasteiger partial charge < -0.3 is 15.0 Å². The van der Waals surface area contributed by atoms with Gasteiger partial charge in [-0.05, 0) is 36.6 Å². The lowest BCUT2D eigenvalue weighted by Crippen LogP contribution is -2.56. The van der Waals surface area contributed by atoms with Crippen molar-refractivity contribution in [3.63, 3.8) is 0 Å². The third-order valence-electron chi connectivity index (χ3n) is 4.70. The van der Waals surface area contributed by atoms with E-state index in [2.05, 4.69) is 4.98 Å². The first kappa shape index (κ1) is 11.7. The van der Waals surface area contributed by atoms with E-state index >= 15 is 0 Å². The summed E-state index contributed by atoms with van der Waals surface area (Å²) < 4.78 is 0. The number of fused-ring (bicyclic) bond motifs is 2. The van der Waals surface area contributed by atoms with Gasteiger partial charge in [0.25, 0.3) is 0 Å². The second kappa shape index (κ2) is 3.52. The molecule has 2 heterocycles.